The van der Waals surface area contributed by atoms with Crippen molar-refractivity contribution in [2.24, 2.45) is 5.73 Å². The Morgan fingerprint density at radius 3 is 2.88 bits per heavy atom. The Morgan fingerprint density at radius 2 is 2.25 bits per heavy atom. The summed E-state index contributed by atoms with van der Waals surface area (Å²) < 4.78 is 10.3. The van der Waals surface area contributed by atoms with E-state index in [4.69, 9.17) is 15.2 Å². The van der Waals surface area contributed by atoms with Crippen molar-refractivity contribution in [1.82, 2.24) is 0 Å². The van der Waals surface area contributed by atoms with Crippen molar-refractivity contribution in [3.63, 3.8) is 0 Å². The lowest BCUT2D eigenvalue weighted by atomic mass is 10.2. The van der Waals surface area contributed by atoms with Gasteiger partial charge < -0.3 is 15.2 Å². The smallest absolute Gasteiger partial charge is 0.347 e. The molecule has 0 saturated carbocycles. The molecule has 0 spiro atoms. The maximum absolute atomic E-state index is 11.3. The highest BCUT2D eigenvalue weighted by Gasteiger charge is 2.15. The van der Waals surface area contributed by atoms with E-state index in [0.717, 1.165) is 5.56 Å². The van der Waals surface area contributed by atoms with Crippen LogP contribution in [0, 0.1) is 0 Å². The van der Waals surface area contributed by atoms with Crippen LogP contribution >= 0.6 is 0 Å². The van der Waals surface area contributed by atoms with Gasteiger partial charge in [0.15, 0.2) is 6.10 Å². The summed E-state index contributed by atoms with van der Waals surface area (Å²) in [5.74, 6) is 0.268. The molecule has 0 bridgehead atoms. The van der Waals surface area contributed by atoms with Crippen LogP contribution in [0.5, 0.6) is 5.75 Å². The highest BCUT2D eigenvalue weighted by atomic mass is 16.6. The minimum absolute atomic E-state index is 0.357. The summed E-state index contributed by atoms with van der Waals surface area (Å²) in [7, 11) is 0. The van der Waals surface area contributed by atoms with Crippen molar-refractivity contribution >= 4 is 5.97 Å². The van der Waals surface area contributed by atoms with Crippen LogP contribution in [0.2, 0.25) is 0 Å². The first-order valence-electron chi connectivity index (χ1n) is 5.29. The van der Waals surface area contributed by atoms with Crippen molar-refractivity contribution in [2.45, 2.75) is 26.5 Å². The molecule has 4 nitrogen and oxygen atoms in total. The normalized spacial score (nSPS) is 11.9. The second kappa shape index (κ2) is 6.12. The van der Waals surface area contributed by atoms with E-state index in [1.54, 1.807) is 19.9 Å². The Kier molecular flexibility index (Phi) is 4.79. The largest absolute Gasteiger partial charge is 0.479 e. The standard InChI is InChI=1S/C12H17NO3/c1-3-15-12(14)9(2)16-11-6-4-5-10(7-11)8-13/h4-7,9H,3,8,13H2,1-2H3. The monoisotopic (exact) mass is 223 g/mol. The summed E-state index contributed by atoms with van der Waals surface area (Å²) in [5.41, 5.74) is 6.48. The fraction of sp³-hybridized carbons (Fsp3) is 0.417. The minimum Gasteiger partial charge on any atom is -0.479 e. The van der Waals surface area contributed by atoms with Crippen LogP contribution in [-0.4, -0.2) is 18.7 Å². The molecule has 0 aromatic heterocycles. The third-order valence-corrected chi connectivity index (χ3v) is 2.07. The molecule has 2 N–H and O–H groups in total. The lowest BCUT2D eigenvalue weighted by Gasteiger charge is -2.13. The molecular weight excluding hydrogens is 206 g/mol. The minimum atomic E-state index is -0.604. The number of nitrogens with two attached hydrogens (primary N) is 1. The van der Waals surface area contributed by atoms with Crippen molar-refractivity contribution in [1.29, 1.82) is 0 Å². The molecule has 0 fully saturated rings. The molecule has 1 rings (SSSR count). The van der Waals surface area contributed by atoms with Crippen LogP contribution in [0.15, 0.2) is 24.3 Å². The Morgan fingerprint density at radius 1 is 1.50 bits per heavy atom. The Hall–Kier alpha value is -1.55. The first-order chi connectivity index (χ1) is 7.67. The highest BCUT2D eigenvalue weighted by Crippen LogP contribution is 2.14. The average Bonchev–Trinajstić information content (AvgIpc) is 2.29. The van der Waals surface area contributed by atoms with Gasteiger partial charge in [-0.3, -0.25) is 0 Å². The van der Waals surface area contributed by atoms with Crippen molar-refractivity contribution < 1.29 is 14.3 Å². The number of rotatable bonds is 5. The molecule has 1 atom stereocenters. The first-order valence-corrected chi connectivity index (χ1v) is 5.29. The molecular formula is C12H17NO3. The van der Waals surface area contributed by atoms with Gasteiger partial charge in [-0.2, -0.15) is 0 Å². The van der Waals surface area contributed by atoms with Crippen LogP contribution in [0.3, 0.4) is 0 Å². The maximum Gasteiger partial charge on any atom is 0.347 e. The van der Waals surface area contributed by atoms with Crippen LogP contribution in [-0.2, 0) is 16.1 Å². The number of benzene rings is 1. The van der Waals surface area contributed by atoms with E-state index < -0.39 is 6.10 Å². The van der Waals surface area contributed by atoms with Gasteiger partial charge in [0.25, 0.3) is 0 Å². The fourth-order valence-corrected chi connectivity index (χ4v) is 1.26. The summed E-state index contributed by atoms with van der Waals surface area (Å²) >= 11 is 0. The van der Waals surface area contributed by atoms with E-state index in [9.17, 15) is 4.79 Å². The lowest BCUT2D eigenvalue weighted by Crippen LogP contribution is -2.26. The molecule has 16 heavy (non-hydrogen) atoms. The molecule has 4 heteroatoms. The molecule has 0 saturated heterocycles. The van der Waals surface area contributed by atoms with Gasteiger partial charge in [0.1, 0.15) is 5.75 Å². The number of hydrogen-bond donors (Lipinski definition) is 1. The van der Waals surface area contributed by atoms with Gasteiger partial charge in [-0.1, -0.05) is 12.1 Å². The number of carbonyl (C=O) groups excluding carboxylic acids is 1. The van der Waals surface area contributed by atoms with Gasteiger partial charge in [-0.15, -0.1) is 0 Å². The second-order valence-corrected chi connectivity index (χ2v) is 3.36. The molecule has 1 unspecified atom stereocenters. The predicted octanol–water partition coefficient (Wildman–Crippen LogP) is 1.48. The van der Waals surface area contributed by atoms with E-state index in [0.29, 0.717) is 18.9 Å². The van der Waals surface area contributed by atoms with Gasteiger partial charge in [0, 0.05) is 6.54 Å². The summed E-state index contributed by atoms with van der Waals surface area (Å²) in [6.45, 7) is 4.23. The lowest BCUT2D eigenvalue weighted by molar-refractivity contribution is -0.150. The number of hydrogen-bond acceptors (Lipinski definition) is 4. The summed E-state index contributed by atoms with van der Waals surface area (Å²) in [5, 5.41) is 0. The third kappa shape index (κ3) is 3.55. The maximum atomic E-state index is 11.3. The molecule has 0 aliphatic heterocycles. The van der Waals surface area contributed by atoms with Crippen molar-refractivity contribution in [3.8, 4) is 5.75 Å². The zero-order valence-corrected chi connectivity index (χ0v) is 9.60. The molecule has 0 radical (unpaired) electrons. The van der Waals surface area contributed by atoms with E-state index in [2.05, 4.69) is 0 Å². The van der Waals surface area contributed by atoms with Crippen LogP contribution < -0.4 is 10.5 Å². The van der Waals surface area contributed by atoms with E-state index in [1.807, 2.05) is 18.2 Å². The van der Waals surface area contributed by atoms with Crippen molar-refractivity contribution in [2.75, 3.05) is 6.61 Å². The zero-order chi connectivity index (χ0) is 12.0. The number of ether oxygens (including phenoxy) is 2. The molecule has 0 aliphatic rings. The Balaban J connectivity index is 2.61. The Labute approximate surface area is 95.3 Å². The zero-order valence-electron chi connectivity index (χ0n) is 9.60. The van der Waals surface area contributed by atoms with E-state index in [1.165, 1.54) is 0 Å². The van der Waals surface area contributed by atoms with E-state index in [-0.39, 0.29) is 5.97 Å². The number of esters is 1. The number of carbonyl (C=O) groups is 1. The van der Waals surface area contributed by atoms with Gasteiger partial charge >= 0.3 is 5.97 Å². The predicted molar refractivity (Wildman–Crippen MR) is 61.1 cm³/mol. The quantitative estimate of drug-likeness (QED) is 0.768. The molecule has 1 aromatic carbocycles. The fourth-order valence-electron chi connectivity index (χ4n) is 1.26. The van der Waals surface area contributed by atoms with Gasteiger partial charge in [-0.05, 0) is 31.5 Å². The molecule has 88 valence electrons. The average molecular weight is 223 g/mol. The molecule has 0 heterocycles. The van der Waals surface area contributed by atoms with Gasteiger partial charge in [0.05, 0.1) is 6.61 Å². The van der Waals surface area contributed by atoms with Crippen molar-refractivity contribution in [3.05, 3.63) is 29.8 Å². The summed E-state index contributed by atoms with van der Waals surface area (Å²) in [4.78, 5) is 11.3. The topological polar surface area (TPSA) is 61.5 Å². The van der Waals surface area contributed by atoms with Crippen LogP contribution in [0.25, 0.3) is 0 Å². The summed E-state index contributed by atoms with van der Waals surface area (Å²) in [6, 6.07) is 7.35. The van der Waals surface area contributed by atoms with Crippen LogP contribution in [0.4, 0.5) is 0 Å². The molecule has 1 aromatic rings. The third-order valence-electron chi connectivity index (χ3n) is 2.07. The Bertz CT molecular complexity index is 352. The SMILES string of the molecule is CCOC(=O)C(C)Oc1cccc(CN)c1. The van der Waals surface area contributed by atoms with Gasteiger partial charge in [-0.25, -0.2) is 4.79 Å². The second-order valence-electron chi connectivity index (χ2n) is 3.36. The summed E-state index contributed by atoms with van der Waals surface area (Å²) in [6.07, 6.45) is -0.604. The van der Waals surface area contributed by atoms with E-state index >= 15 is 0 Å². The van der Waals surface area contributed by atoms with Crippen LogP contribution in [0.1, 0.15) is 19.4 Å². The highest BCUT2D eigenvalue weighted by molar-refractivity contribution is 5.74. The van der Waals surface area contributed by atoms with Gasteiger partial charge in [0.2, 0.25) is 0 Å². The first kappa shape index (κ1) is 12.5. The molecule has 0 amide bonds. The molecule has 0 aliphatic carbocycles.